The van der Waals surface area contributed by atoms with Gasteiger partial charge in [-0.3, -0.25) is 4.90 Å². The summed E-state index contributed by atoms with van der Waals surface area (Å²) in [7, 11) is 0.992. The molecule has 2 unspecified atom stereocenters. The van der Waals surface area contributed by atoms with Gasteiger partial charge in [0.1, 0.15) is 6.23 Å². The van der Waals surface area contributed by atoms with Crippen LogP contribution in [0, 0.1) is 0 Å². The maximum atomic E-state index is 11.2. The van der Waals surface area contributed by atoms with Crippen molar-refractivity contribution in [1.29, 1.82) is 0 Å². The van der Waals surface area contributed by atoms with Crippen molar-refractivity contribution in [3.05, 3.63) is 0 Å². The highest BCUT2D eigenvalue weighted by Crippen LogP contribution is 2.21. The monoisotopic (exact) mass is 305 g/mol. The summed E-state index contributed by atoms with van der Waals surface area (Å²) in [6, 6.07) is 0. The SMILES string of the molecule is CCOC(CCCC([SiH3])(CC)OCC)N(CC)C(=O)O. The third kappa shape index (κ3) is 6.72. The van der Waals surface area contributed by atoms with Crippen LogP contribution in [0.1, 0.15) is 53.4 Å². The lowest BCUT2D eigenvalue weighted by atomic mass is 10.1. The lowest BCUT2D eigenvalue weighted by molar-refractivity contribution is -0.0504. The van der Waals surface area contributed by atoms with Gasteiger partial charge in [-0.1, -0.05) is 6.92 Å². The smallest absolute Gasteiger partial charge is 0.409 e. The van der Waals surface area contributed by atoms with Crippen LogP contribution in [0.4, 0.5) is 4.79 Å². The van der Waals surface area contributed by atoms with Crippen molar-refractivity contribution < 1.29 is 19.4 Å². The molecule has 1 amide bonds. The quantitative estimate of drug-likeness (QED) is 0.469. The van der Waals surface area contributed by atoms with Crippen LogP contribution in [0.5, 0.6) is 0 Å². The van der Waals surface area contributed by atoms with Gasteiger partial charge in [0.2, 0.25) is 0 Å². The van der Waals surface area contributed by atoms with E-state index >= 15 is 0 Å². The van der Waals surface area contributed by atoms with E-state index < -0.39 is 6.09 Å². The molecule has 2 atom stereocenters. The van der Waals surface area contributed by atoms with Crippen molar-refractivity contribution in [2.24, 2.45) is 0 Å². The van der Waals surface area contributed by atoms with E-state index in [0.29, 0.717) is 13.2 Å². The minimum Gasteiger partial charge on any atom is -0.465 e. The second-order valence-corrected chi connectivity index (χ2v) is 6.93. The molecule has 0 saturated heterocycles. The normalized spacial score (nSPS) is 15.8. The van der Waals surface area contributed by atoms with Crippen LogP contribution in [-0.4, -0.2) is 57.6 Å². The highest BCUT2D eigenvalue weighted by molar-refractivity contribution is 6.14. The number of ether oxygens (including phenoxy) is 2. The third-order valence-corrected chi connectivity index (χ3v) is 5.19. The molecule has 0 aromatic heterocycles. The topological polar surface area (TPSA) is 59.0 Å². The maximum absolute atomic E-state index is 11.2. The van der Waals surface area contributed by atoms with Crippen molar-refractivity contribution in [3.63, 3.8) is 0 Å². The Morgan fingerprint density at radius 2 is 1.95 bits per heavy atom. The second kappa shape index (κ2) is 10.2. The Balaban J connectivity index is 4.43. The van der Waals surface area contributed by atoms with Crippen LogP contribution < -0.4 is 0 Å². The van der Waals surface area contributed by atoms with Crippen LogP contribution >= 0.6 is 0 Å². The van der Waals surface area contributed by atoms with E-state index in [1.165, 1.54) is 4.90 Å². The van der Waals surface area contributed by atoms with Crippen molar-refractivity contribution >= 4 is 16.3 Å². The summed E-state index contributed by atoms with van der Waals surface area (Å²) in [4.78, 5) is 12.6. The Labute approximate surface area is 126 Å². The van der Waals surface area contributed by atoms with E-state index in [2.05, 4.69) is 6.92 Å². The lowest BCUT2D eigenvalue weighted by Gasteiger charge is -2.31. The van der Waals surface area contributed by atoms with Crippen LogP contribution in [0.15, 0.2) is 0 Å². The van der Waals surface area contributed by atoms with E-state index in [9.17, 15) is 9.90 Å². The van der Waals surface area contributed by atoms with Crippen molar-refractivity contribution in [2.45, 2.75) is 64.8 Å². The summed E-state index contributed by atoms with van der Waals surface area (Å²) in [6.07, 6.45) is 2.39. The molecule has 120 valence electrons. The number of hydrogen-bond donors (Lipinski definition) is 1. The van der Waals surface area contributed by atoms with Gasteiger partial charge in [-0.05, 0) is 46.5 Å². The Morgan fingerprint density at radius 1 is 1.30 bits per heavy atom. The van der Waals surface area contributed by atoms with Gasteiger partial charge in [-0.25, -0.2) is 4.79 Å². The molecule has 5 nitrogen and oxygen atoms in total. The number of amides is 1. The molecule has 0 aliphatic carbocycles. The van der Waals surface area contributed by atoms with E-state index in [1.54, 1.807) is 0 Å². The summed E-state index contributed by atoms with van der Waals surface area (Å²) < 4.78 is 11.4. The fraction of sp³-hybridized carbons (Fsp3) is 0.929. The van der Waals surface area contributed by atoms with Crippen molar-refractivity contribution in [2.75, 3.05) is 19.8 Å². The highest BCUT2D eigenvalue weighted by Gasteiger charge is 2.25. The first-order valence-corrected chi connectivity index (χ1v) is 8.69. The van der Waals surface area contributed by atoms with Crippen LogP contribution in [0.2, 0.25) is 0 Å². The zero-order chi connectivity index (χ0) is 15.6. The summed E-state index contributed by atoms with van der Waals surface area (Å²) >= 11 is 0. The van der Waals surface area contributed by atoms with E-state index in [0.717, 1.165) is 42.5 Å². The molecule has 0 aromatic rings. The molecule has 0 aliphatic rings. The van der Waals surface area contributed by atoms with E-state index in [1.807, 2.05) is 20.8 Å². The number of carboxylic acid groups (broad SMARTS) is 1. The molecule has 0 fully saturated rings. The molecule has 0 aromatic carbocycles. The van der Waals surface area contributed by atoms with Gasteiger partial charge in [-0.15, -0.1) is 0 Å². The van der Waals surface area contributed by atoms with Gasteiger partial charge < -0.3 is 14.6 Å². The van der Waals surface area contributed by atoms with Gasteiger partial charge in [0.05, 0.1) is 0 Å². The summed E-state index contributed by atoms with van der Waals surface area (Å²) in [5.41, 5.74) is 0. The standard InChI is InChI=1S/C14H31NO4Si/c1-5-14(20,19-8-4)11-9-10-12(18-7-3)15(6-2)13(16)17/h12H,5-11H2,1-4,20H3,(H,16,17). The largest absolute Gasteiger partial charge is 0.465 e. The molecule has 0 heterocycles. The van der Waals surface area contributed by atoms with Crippen LogP contribution in [-0.2, 0) is 9.47 Å². The predicted octanol–water partition coefficient (Wildman–Crippen LogP) is 2.03. The van der Waals surface area contributed by atoms with Crippen LogP contribution in [0.3, 0.4) is 0 Å². The first kappa shape index (κ1) is 19.4. The summed E-state index contributed by atoms with van der Waals surface area (Å²) in [5.74, 6) is 0. The average Bonchev–Trinajstić information content (AvgIpc) is 2.39. The maximum Gasteiger partial charge on any atom is 0.409 e. The van der Waals surface area contributed by atoms with Gasteiger partial charge in [0, 0.05) is 35.2 Å². The predicted molar refractivity (Wildman–Crippen MR) is 84.3 cm³/mol. The molecule has 0 saturated carbocycles. The minimum absolute atomic E-state index is 0.0196. The zero-order valence-corrected chi connectivity index (χ0v) is 15.6. The number of hydrogen-bond acceptors (Lipinski definition) is 3. The molecule has 20 heavy (non-hydrogen) atoms. The Bertz CT molecular complexity index is 278. The Morgan fingerprint density at radius 3 is 2.35 bits per heavy atom. The average molecular weight is 305 g/mol. The molecule has 1 N–H and O–H groups in total. The van der Waals surface area contributed by atoms with E-state index in [4.69, 9.17) is 9.47 Å². The minimum atomic E-state index is -0.914. The molecular formula is C14H31NO4Si. The van der Waals surface area contributed by atoms with Gasteiger partial charge in [-0.2, -0.15) is 0 Å². The lowest BCUT2D eigenvalue weighted by Crippen LogP contribution is -2.41. The first-order chi connectivity index (χ1) is 9.44. The number of nitrogens with zero attached hydrogens (tertiary/aromatic N) is 1. The summed E-state index contributed by atoms with van der Waals surface area (Å²) in [6.45, 7) is 9.62. The zero-order valence-electron chi connectivity index (χ0n) is 13.6. The molecule has 0 spiro atoms. The fourth-order valence-corrected chi connectivity index (χ4v) is 2.98. The third-order valence-electron chi connectivity index (χ3n) is 3.69. The number of rotatable bonds is 11. The molecule has 0 bridgehead atoms. The molecular weight excluding hydrogens is 274 g/mol. The highest BCUT2D eigenvalue weighted by atomic mass is 28.1. The van der Waals surface area contributed by atoms with Crippen LogP contribution in [0.25, 0.3) is 0 Å². The van der Waals surface area contributed by atoms with Gasteiger partial charge in [0.25, 0.3) is 0 Å². The van der Waals surface area contributed by atoms with Gasteiger partial charge >= 0.3 is 6.09 Å². The first-order valence-electron chi connectivity index (χ1n) is 7.69. The van der Waals surface area contributed by atoms with Gasteiger partial charge in [0.15, 0.2) is 0 Å². The molecule has 0 aliphatic heterocycles. The Kier molecular flexibility index (Phi) is 9.88. The molecule has 0 rings (SSSR count). The Hall–Kier alpha value is -0.593. The molecule has 0 radical (unpaired) electrons. The van der Waals surface area contributed by atoms with Crippen molar-refractivity contribution in [1.82, 2.24) is 4.90 Å². The fourth-order valence-electron chi connectivity index (χ4n) is 2.33. The number of carbonyl (C=O) groups is 1. The molecule has 6 heteroatoms. The van der Waals surface area contributed by atoms with Crippen molar-refractivity contribution in [3.8, 4) is 0 Å². The second-order valence-electron chi connectivity index (χ2n) is 5.11. The van der Waals surface area contributed by atoms with E-state index in [-0.39, 0.29) is 11.5 Å². The summed E-state index contributed by atoms with van der Waals surface area (Å²) in [5, 5.41) is 9.21.